The maximum Gasteiger partial charge on any atom is 0.259 e. The van der Waals surface area contributed by atoms with Crippen molar-refractivity contribution in [3.8, 4) is 11.3 Å². The second kappa shape index (κ2) is 7.67. The second-order valence-corrected chi connectivity index (χ2v) is 6.78. The second-order valence-electron chi connectivity index (χ2n) is 6.78. The third-order valence-corrected chi connectivity index (χ3v) is 4.63. The molecule has 0 fully saturated rings. The molecule has 2 aromatic carbocycles. The summed E-state index contributed by atoms with van der Waals surface area (Å²) in [6.07, 6.45) is 2.89. The minimum Gasteiger partial charge on any atom is -0.455 e. The molecule has 8 heteroatoms. The van der Waals surface area contributed by atoms with E-state index in [0.29, 0.717) is 22.4 Å². The number of aromatic nitrogens is 2. The zero-order valence-corrected chi connectivity index (χ0v) is 16.1. The van der Waals surface area contributed by atoms with Crippen molar-refractivity contribution in [2.24, 2.45) is 5.73 Å². The van der Waals surface area contributed by atoms with Crippen LogP contribution in [0.25, 0.3) is 22.3 Å². The molecule has 8 nitrogen and oxygen atoms in total. The van der Waals surface area contributed by atoms with Crippen LogP contribution in [0.1, 0.15) is 15.9 Å². The molecule has 150 valence electrons. The number of carbonyl (C=O) groups excluding carboxylic acids is 2. The van der Waals surface area contributed by atoms with Crippen molar-refractivity contribution >= 4 is 28.5 Å². The van der Waals surface area contributed by atoms with Crippen LogP contribution in [0.3, 0.4) is 0 Å². The van der Waals surface area contributed by atoms with Gasteiger partial charge in [0.15, 0.2) is 11.0 Å². The highest BCUT2D eigenvalue weighted by molar-refractivity contribution is 6.11. The molecule has 4 aromatic rings. The summed E-state index contributed by atoms with van der Waals surface area (Å²) >= 11 is 0. The van der Waals surface area contributed by atoms with E-state index in [9.17, 15) is 14.4 Å². The van der Waals surface area contributed by atoms with E-state index in [4.69, 9.17) is 10.2 Å². The van der Waals surface area contributed by atoms with E-state index in [1.54, 1.807) is 25.1 Å². The van der Waals surface area contributed by atoms with Gasteiger partial charge in [-0.25, -0.2) is 0 Å². The lowest BCUT2D eigenvalue weighted by molar-refractivity contribution is -0.118. The van der Waals surface area contributed by atoms with E-state index in [2.05, 4.69) is 10.4 Å². The Morgan fingerprint density at radius 2 is 1.90 bits per heavy atom. The Morgan fingerprint density at radius 3 is 2.63 bits per heavy atom. The number of amides is 2. The number of hydrogen-bond donors (Lipinski definition) is 2. The van der Waals surface area contributed by atoms with Gasteiger partial charge in [-0.1, -0.05) is 36.4 Å². The molecule has 0 aliphatic heterocycles. The molecule has 2 aromatic heterocycles. The van der Waals surface area contributed by atoms with Crippen LogP contribution in [0.2, 0.25) is 0 Å². The van der Waals surface area contributed by atoms with Crippen LogP contribution < -0.4 is 16.5 Å². The molecule has 0 unspecified atom stereocenters. The first-order chi connectivity index (χ1) is 14.4. The number of rotatable bonds is 5. The topological polar surface area (TPSA) is 120 Å². The van der Waals surface area contributed by atoms with Crippen molar-refractivity contribution in [1.29, 1.82) is 0 Å². The number of nitrogens with one attached hydrogen (secondary N) is 1. The quantitative estimate of drug-likeness (QED) is 0.532. The summed E-state index contributed by atoms with van der Waals surface area (Å²) in [6, 6.07) is 14.1. The third-order valence-electron chi connectivity index (χ3n) is 4.63. The van der Waals surface area contributed by atoms with Crippen molar-refractivity contribution in [1.82, 2.24) is 9.78 Å². The van der Waals surface area contributed by atoms with Crippen molar-refractivity contribution in [2.75, 3.05) is 5.32 Å². The fraction of sp³-hybridized carbons (Fsp3) is 0.0909. The molecule has 2 heterocycles. The fourth-order valence-corrected chi connectivity index (χ4v) is 3.23. The molecule has 2 amide bonds. The molecule has 0 saturated heterocycles. The molecule has 30 heavy (non-hydrogen) atoms. The number of nitrogens with zero attached hydrogens (tertiary/aromatic N) is 2. The summed E-state index contributed by atoms with van der Waals surface area (Å²) < 4.78 is 7.38. The molecule has 0 aliphatic carbocycles. The Balaban J connectivity index is 1.76. The molecule has 0 spiro atoms. The predicted molar refractivity (Wildman–Crippen MR) is 112 cm³/mol. The summed E-state index contributed by atoms with van der Waals surface area (Å²) in [5.74, 6) is -0.594. The minimum absolute atomic E-state index is 0.0985. The number of anilines is 1. The molecular weight excluding hydrogens is 384 g/mol. The van der Waals surface area contributed by atoms with Gasteiger partial charge in [-0.15, -0.1) is 0 Å². The lowest BCUT2D eigenvalue weighted by atomic mass is 10.0. The number of para-hydroxylation sites is 1. The zero-order valence-electron chi connectivity index (χ0n) is 16.1. The lowest BCUT2D eigenvalue weighted by Crippen LogP contribution is -2.18. The Hall–Kier alpha value is -4.20. The highest BCUT2D eigenvalue weighted by Gasteiger charge is 2.19. The first-order valence-electron chi connectivity index (χ1n) is 9.18. The highest BCUT2D eigenvalue weighted by atomic mass is 16.3. The van der Waals surface area contributed by atoms with Gasteiger partial charge in [0.25, 0.3) is 5.91 Å². The van der Waals surface area contributed by atoms with Gasteiger partial charge in [-0.2, -0.15) is 5.10 Å². The van der Waals surface area contributed by atoms with Crippen LogP contribution in [0.5, 0.6) is 0 Å². The summed E-state index contributed by atoms with van der Waals surface area (Å²) in [7, 11) is 0. The molecule has 0 aliphatic rings. The summed E-state index contributed by atoms with van der Waals surface area (Å²) in [5.41, 5.74) is 6.97. The van der Waals surface area contributed by atoms with E-state index in [-0.39, 0.29) is 23.1 Å². The normalized spacial score (nSPS) is 10.8. The van der Waals surface area contributed by atoms with Gasteiger partial charge >= 0.3 is 0 Å². The van der Waals surface area contributed by atoms with Crippen molar-refractivity contribution in [2.45, 2.75) is 13.5 Å². The summed E-state index contributed by atoms with van der Waals surface area (Å²) in [5, 5.41) is 7.00. The van der Waals surface area contributed by atoms with E-state index in [1.165, 1.54) is 17.1 Å². The Bertz CT molecular complexity index is 1320. The molecule has 0 saturated carbocycles. The molecule has 0 bridgehead atoms. The monoisotopic (exact) mass is 402 g/mol. The van der Waals surface area contributed by atoms with Gasteiger partial charge in [0.2, 0.25) is 5.91 Å². The van der Waals surface area contributed by atoms with Gasteiger partial charge in [0.05, 0.1) is 22.8 Å². The van der Waals surface area contributed by atoms with E-state index in [1.807, 2.05) is 30.3 Å². The lowest BCUT2D eigenvalue weighted by Gasteiger charge is -2.10. The minimum atomic E-state index is -0.546. The summed E-state index contributed by atoms with van der Waals surface area (Å²) in [6.45, 7) is 1.60. The Morgan fingerprint density at radius 1 is 1.13 bits per heavy atom. The van der Waals surface area contributed by atoms with Gasteiger partial charge in [-0.3, -0.25) is 19.1 Å². The molecule has 0 radical (unpaired) electrons. The molecular formula is C22H18N4O4. The van der Waals surface area contributed by atoms with Crippen LogP contribution >= 0.6 is 0 Å². The average Bonchev–Trinajstić information content (AvgIpc) is 3.16. The first-order valence-corrected chi connectivity index (χ1v) is 9.18. The van der Waals surface area contributed by atoms with Gasteiger partial charge in [0.1, 0.15) is 12.3 Å². The van der Waals surface area contributed by atoms with Gasteiger partial charge < -0.3 is 15.5 Å². The van der Waals surface area contributed by atoms with E-state index >= 15 is 0 Å². The van der Waals surface area contributed by atoms with Crippen LogP contribution in [0.15, 0.2) is 70.1 Å². The number of primary amides is 1. The number of hydrogen-bond acceptors (Lipinski definition) is 5. The molecule has 3 N–H and O–H groups in total. The largest absolute Gasteiger partial charge is 0.455 e. The zero-order chi connectivity index (χ0) is 21.3. The SMILES string of the molecule is Cc1c(-c2ccccc2)oc2c(C(=O)Nc3cnn(CC(N)=O)c3)cccc2c1=O. The number of nitrogens with two attached hydrogens (primary N) is 1. The number of benzene rings is 2. The van der Waals surface area contributed by atoms with Crippen LogP contribution in [0.4, 0.5) is 5.69 Å². The number of carbonyl (C=O) groups is 2. The molecule has 4 rings (SSSR count). The average molecular weight is 402 g/mol. The molecule has 0 atom stereocenters. The van der Waals surface area contributed by atoms with Gasteiger partial charge in [-0.05, 0) is 19.1 Å². The standard InChI is InChI=1S/C22H18N4O4/c1-13-19(28)16-8-5-9-17(21(16)30-20(13)14-6-3-2-4-7-14)22(29)25-15-10-24-26(11-15)12-18(23)27/h2-11H,12H2,1H3,(H2,23,27)(H,25,29). The van der Waals surface area contributed by atoms with Gasteiger partial charge in [0, 0.05) is 17.3 Å². The maximum atomic E-state index is 12.9. The van der Waals surface area contributed by atoms with Crippen molar-refractivity contribution in [3.63, 3.8) is 0 Å². The third kappa shape index (κ3) is 3.58. The van der Waals surface area contributed by atoms with Crippen molar-refractivity contribution < 1.29 is 14.0 Å². The van der Waals surface area contributed by atoms with Crippen molar-refractivity contribution in [3.05, 3.63) is 82.3 Å². The Labute approximate surface area is 170 Å². The fourth-order valence-electron chi connectivity index (χ4n) is 3.23. The highest BCUT2D eigenvalue weighted by Crippen LogP contribution is 2.27. The maximum absolute atomic E-state index is 12.9. The smallest absolute Gasteiger partial charge is 0.259 e. The Kier molecular flexibility index (Phi) is 4.89. The first kappa shape index (κ1) is 19.1. The number of fused-ring (bicyclic) bond motifs is 1. The summed E-state index contributed by atoms with van der Waals surface area (Å²) in [4.78, 5) is 36.8. The van der Waals surface area contributed by atoms with Crippen LogP contribution in [-0.2, 0) is 11.3 Å². The predicted octanol–water partition coefficient (Wildman–Crippen LogP) is 2.70. The van der Waals surface area contributed by atoms with Crippen LogP contribution in [-0.4, -0.2) is 21.6 Å². The van der Waals surface area contributed by atoms with Crippen LogP contribution in [0, 0.1) is 6.92 Å². The van der Waals surface area contributed by atoms with E-state index in [0.717, 1.165) is 5.56 Å². The van der Waals surface area contributed by atoms with E-state index < -0.39 is 11.8 Å².